The number of ether oxygens (including phenoxy) is 1. The van der Waals surface area contributed by atoms with E-state index in [2.05, 4.69) is 33.6 Å². The molecule has 1 aromatic carbocycles. The van der Waals surface area contributed by atoms with E-state index >= 15 is 0 Å². The number of aromatic nitrogens is 3. The van der Waals surface area contributed by atoms with Crippen molar-refractivity contribution in [3.8, 4) is 0 Å². The SMILES string of the molecule is Cc1cc2cc(CNC(=O)c3c(C)nn([C@H]4CCOC4)c3C)ccc2[nH]1. The summed E-state index contributed by atoms with van der Waals surface area (Å²) in [6, 6.07) is 8.55. The minimum Gasteiger partial charge on any atom is -0.379 e. The lowest BCUT2D eigenvalue weighted by atomic mass is 10.1. The molecular formula is C20H24N4O2. The van der Waals surface area contributed by atoms with Crippen molar-refractivity contribution < 1.29 is 9.53 Å². The zero-order valence-electron chi connectivity index (χ0n) is 15.4. The van der Waals surface area contributed by atoms with Gasteiger partial charge in [0.15, 0.2) is 0 Å². The average molecular weight is 352 g/mol. The van der Waals surface area contributed by atoms with E-state index in [1.165, 1.54) is 0 Å². The van der Waals surface area contributed by atoms with Gasteiger partial charge < -0.3 is 15.0 Å². The summed E-state index contributed by atoms with van der Waals surface area (Å²) in [6.07, 6.45) is 0.944. The largest absolute Gasteiger partial charge is 0.379 e. The number of hydrogen-bond donors (Lipinski definition) is 2. The molecule has 0 aliphatic carbocycles. The number of carbonyl (C=O) groups excluding carboxylic acids is 1. The first kappa shape index (κ1) is 16.8. The molecule has 4 rings (SSSR count). The minimum atomic E-state index is -0.0736. The molecule has 0 radical (unpaired) electrons. The van der Waals surface area contributed by atoms with Gasteiger partial charge in [-0.3, -0.25) is 9.48 Å². The van der Waals surface area contributed by atoms with Crippen LogP contribution in [0.1, 0.15) is 45.5 Å². The number of fused-ring (bicyclic) bond motifs is 1. The van der Waals surface area contributed by atoms with Gasteiger partial charge in [-0.1, -0.05) is 6.07 Å². The van der Waals surface area contributed by atoms with Crippen LogP contribution in [0.5, 0.6) is 0 Å². The Morgan fingerprint density at radius 1 is 1.35 bits per heavy atom. The van der Waals surface area contributed by atoms with Crippen LogP contribution >= 0.6 is 0 Å². The molecule has 0 saturated carbocycles. The summed E-state index contributed by atoms with van der Waals surface area (Å²) in [5, 5.41) is 8.78. The van der Waals surface area contributed by atoms with Crippen molar-refractivity contribution in [3.63, 3.8) is 0 Å². The number of aromatic amines is 1. The third-order valence-electron chi connectivity index (χ3n) is 5.08. The Morgan fingerprint density at radius 2 is 2.19 bits per heavy atom. The Labute approximate surface area is 152 Å². The van der Waals surface area contributed by atoms with Crippen LogP contribution in [-0.4, -0.2) is 33.9 Å². The summed E-state index contributed by atoms with van der Waals surface area (Å²) in [5.41, 5.74) is 5.68. The fourth-order valence-electron chi connectivity index (χ4n) is 3.77. The molecule has 1 atom stereocenters. The number of amides is 1. The quantitative estimate of drug-likeness (QED) is 0.757. The molecule has 3 heterocycles. The number of benzene rings is 1. The summed E-state index contributed by atoms with van der Waals surface area (Å²) in [5.74, 6) is -0.0736. The lowest BCUT2D eigenvalue weighted by Gasteiger charge is -2.11. The van der Waals surface area contributed by atoms with Gasteiger partial charge in [-0.2, -0.15) is 5.10 Å². The van der Waals surface area contributed by atoms with Crippen LogP contribution in [0, 0.1) is 20.8 Å². The maximum absolute atomic E-state index is 12.8. The number of nitrogens with zero attached hydrogens (tertiary/aromatic N) is 2. The first-order valence-electron chi connectivity index (χ1n) is 9.03. The number of hydrogen-bond acceptors (Lipinski definition) is 3. The van der Waals surface area contributed by atoms with Crippen LogP contribution < -0.4 is 5.32 Å². The molecule has 1 aliphatic rings. The highest BCUT2D eigenvalue weighted by Gasteiger charge is 2.25. The van der Waals surface area contributed by atoms with E-state index < -0.39 is 0 Å². The van der Waals surface area contributed by atoms with Gasteiger partial charge in [0, 0.05) is 30.1 Å². The van der Waals surface area contributed by atoms with Crippen molar-refractivity contribution >= 4 is 16.8 Å². The molecular weight excluding hydrogens is 328 g/mol. The van der Waals surface area contributed by atoms with Gasteiger partial charge in [-0.15, -0.1) is 0 Å². The molecule has 6 nitrogen and oxygen atoms in total. The highest BCUT2D eigenvalue weighted by Crippen LogP contribution is 2.24. The summed E-state index contributed by atoms with van der Waals surface area (Å²) in [4.78, 5) is 16.1. The minimum absolute atomic E-state index is 0.0736. The zero-order chi connectivity index (χ0) is 18.3. The second-order valence-corrected chi connectivity index (χ2v) is 7.06. The Kier molecular flexibility index (Phi) is 4.28. The predicted octanol–water partition coefficient (Wildman–Crippen LogP) is 3.18. The predicted molar refractivity (Wildman–Crippen MR) is 100 cm³/mol. The van der Waals surface area contributed by atoms with Crippen LogP contribution in [0.15, 0.2) is 24.3 Å². The van der Waals surface area contributed by atoms with Gasteiger partial charge in [-0.05, 0) is 56.3 Å². The van der Waals surface area contributed by atoms with Gasteiger partial charge in [0.2, 0.25) is 0 Å². The van der Waals surface area contributed by atoms with E-state index in [9.17, 15) is 4.79 Å². The fraction of sp³-hybridized carbons (Fsp3) is 0.400. The molecule has 136 valence electrons. The lowest BCUT2D eigenvalue weighted by Crippen LogP contribution is -2.24. The van der Waals surface area contributed by atoms with Crippen molar-refractivity contribution in [2.24, 2.45) is 0 Å². The van der Waals surface area contributed by atoms with Crippen LogP contribution in [0.2, 0.25) is 0 Å². The van der Waals surface area contributed by atoms with E-state index in [0.29, 0.717) is 18.7 Å². The number of H-pyrrole nitrogens is 1. The normalized spacial score (nSPS) is 17.1. The molecule has 1 amide bonds. The number of nitrogens with one attached hydrogen (secondary N) is 2. The summed E-state index contributed by atoms with van der Waals surface area (Å²) in [6.45, 7) is 7.81. The highest BCUT2D eigenvalue weighted by atomic mass is 16.5. The molecule has 0 unspecified atom stereocenters. The Bertz CT molecular complexity index is 964. The van der Waals surface area contributed by atoms with Gasteiger partial charge >= 0.3 is 0 Å². The summed E-state index contributed by atoms with van der Waals surface area (Å²) in [7, 11) is 0. The monoisotopic (exact) mass is 352 g/mol. The maximum Gasteiger partial charge on any atom is 0.255 e. The van der Waals surface area contributed by atoms with Crippen LogP contribution in [0.25, 0.3) is 10.9 Å². The van der Waals surface area contributed by atoms with Crippen molar-refractivity contribution in [1.82, 2.24) is 20.1 Å². The molecule has 1 fully saturated rings. The standard InChI is InChI=1S/C20H24N4O2/c1-12-8-16-9-15(4-5-18(16)22-12)10-21-20(25)19-13(2)23-24(14(19)3)17-6-7-26-11-17/h4-5,8-9,17,22H,6-7,10-11H2,1-3H3,(H,21,25)/t17-/m0/s1. The second kappa shape index (κ2) is 6.61. The average Bonchev–Trinajstić information content (AvgIpc) is 3.31. The molecule has 2 aromatic heterocycles. The van der Waals surface area contributed by atoms with Crippen molar-refractivity contribution in [3.05, 3.63) is 52.5 Å². The van der Waals surface area contributed by atoms with E-state index in [0.717, 1.165) is 46.6 Å². The van der Waals surface area contributed by atoms with Gasteiger partial charge in [-0.25, -0.2) is 0 Å². The highest BCUT2D eigenvalue weighted by molar-refractivity contribution is 5.96. The number of carbonyl (C=O) groups is 1. The van der Waals surface area contributed by atoms with Crippen molar-refractivity contribution in [2.75, 3.05) is 13.2 Å². The molecule has 1 aliphatic heterocycles. The van der Waals surface area contributed by atoms with Gasteiger partial charge in [0.25, 0.3) is 5.91 Å². The van der Waals surface area contributed by atoms with E-state index in [1.807, 2.05) is 31.5 Å². The Morgan fingerprint density at radius 3 is 2.96 bits per heavy atom. The van der Waals surface area contributed by atoms with Gasteiger partial charge in [0.05, 0.1) is 23.9 Å². The zero-order valence-corrected chi connectivity index (χ0v) is 15.4. The second-order valence-electron chi connectivity index (χ2n) is 7.06. The van der Waals surface area contributed by atoms with Crippen LogP contribution in [0.4, 0.5) is 0 Å². The third-order valence-corrected chi connectivity index (χ3v) is 5.08. The molecule has 0 spiro atoms. The molecule has 26 heavy (non-hydrogen) atoms. The first-order chi connectivity index (χ1) is 12.5. The smallest absolute Gasteiger partial charge is 0.255 e. The third kappa shape index (κ3) is 3.01. The van der Waals surface area contributed by atoms with E-state index in [-0.39, 0.29) is 11.9 Å². The summed E-state index contributed by atoms with van der Waals surface area (Å²) < 4.78 is 7.40. The molecule has 3 aromatic rings. The van der Waals surface area contributed by atoms with Crippen molar-refractivity contribution in [2.45, 2.75) is 39.8 Å². The molecule has 0 bridgehead atoms. The maximum atomic E-state index is 12.8. The Hall–Kier alpha value is -2.60. The number of rotatable bonds is 4. The molecule has 2 N–H and O–H groups in total. The van der Waals surface area contributed by atoms with Gasteiger partial charge in [0.1, 0.15) is 0 Å². The van der Waals surface area contributed by atoms with Crippen LogP contribution in [-0.2, 0) is 11.3 Å². The van der Waals surface area contributed by atoms with Crippen molar-refractivity contribution in [1.29, 1.82) is 0 Å². The van der Waals surface area contributed by atoms with E-state index in [4.69, 9.17) is 4.74 Å². The lowest BCUT2D eigenvalue weighted by molar-refractivity contribution is 0.0949. The first-order valence-corrected chi connectivity index (χ1v) is 9.03. The molecule has 6 heteroatoms. The summed E-state index contributed by atoms with van der Waals surface area (Å²) >= 11 is 0. The molecule has 1 saturated heterocycles. The topological polar surface area (TPSA) is 71.9 Å². The van der Waals surface area contributed by atoms with Crippen LogP contribution in [0.3, 0.4) is 0 Å². The Balaban J connectivity index is 1.50. The fourth-order valence-corrected chi connectivity index (χ4v) is 3.77. The van der Waals surface area contributed by atoms with E-state index in [1.54, 1.807) is 0 Å². The number of aryl methyl sites for hydroxylation is 2.